The molecular formula is C17H16Cl2N2O5. The maximum atomic E-state index is 12.3. The monoisotopic (exact) mass is 398 g/mol. The fraction of sp³-hybridized carbons (Fsp3) is 0.235. The predicted molar refractivity (Wildman–Crippen MR) is 99.0 cm³/mol. The number of halogens is 2. The largest absolute Gasteiger partial charge is 0.490 e. The molecule has 0 aromatic heterocycles. The Balaban J connectivity index is 2.05. The fourth-order valence-corrected chi connectivity index (χ4v) is 2.61. The molecule has 138 valence electrons. The highest BCUT2D eigenvalue weighted by molar-refractivity contribution is 6.34. The number of nitro benzene ring substituents is 1. The highest BCUT2D eigenvalue weighted by Crippen LogP contribution is 2.25. The number of amides is 1. The number of aliphatic hydroxyl groups is 1. The number of nitro groups is 1. The van der Waals surface area contributed by atoms with E-state index < -0.39 is 16.4 Å². The zero-order chi connectivity index (χ0) is 19.5. The third-order valence-corrected chi connectivity index (χ3v) is 3.93. The summed E-state index contributed by atoms with van der Waals surface area (Å²) in [6.45, 7) is 2.49. The number of nitrogens with zero attached hydrogens (tertiary/aromatic N) is 1. The van der Waals surface area contributed by atoms with E-state index in [1.54, 1.807) is 6.92 Å². The number of hydrogen-bond donors (Lipinski definition) is 2. The Labute approximate surface area is 159 Å². The lowest BCUT2D eigenvalue weighted by Crippen LogP contribution is -2.45. The first kappa shape index (κ1) is 20.0. The normalized spacial score (nSPS) is 13.0. The van der Waals surface area contributed by atoms with Gasteiger partial charge in [-0.3, -0.25) is 14.9 Å². The first-order chi connectivity index (χ1) is 12.1. The van der Waals surface area contributed by atoms with E-state index in [4.69, 9.17) is 27.9 Å². The minimum absolute atomic E-state index is 0.0593. The van der Waals surface area contributed by atoms with Gasteiger partial charge in [0, 0.05) is 27.4 Å². The van der Waals surface area contributed by atoms with Crippen LogP contribution in [0.15, 0.2) is 36.4 Å². The lowest BCUT2D eigenvalue weighted by Gasteiger charge is -2.22. The van der Waals surface area contributed by atoms with Crippen molar-refractivity contribution in [2.75, 3.05) is 11.9 Å². The average molecular weight is 399 g/mol. The van der Waals surface area contributed by atoms with Crippen molar-refractivity contribution in [1.29, 1.82) is 0 Å². The molecule has 2 aromatic carbocycles. The summed E-state index contributed by atoms with van der Waals surface area (Å²) in [5.74, 6) is -0.416. The molecule has 2 aromatic rings. The van der Waals surface area contributed by atoms with E-state index >= 15 is 0 Å². The molecular weight excluding hydrogens is 383 g/mol. The van der Waals surface area contributed by atoms with E-state index in [1.807, 2.05) is 0 Å². The van der Waals surface area contributed by atoms with Gasteiger partial charge in [-0.2, -0.15) is 0 Å². The number of anilines is 1. The van der Waals surface area contributed by atoms with E-state index in [0.29, 0.717) is 27.0 Å². The van der Waals surface area contributed by atoms with Crippen LogP contribution in [-0.2, 0) is 4.79 Å². The standard InChI is InChI=1S/C17H16Cl2N2O5/c1-10-5-13(3-4-15(10)21(24)25)20-16(22)17(2,23)9-26-14-7-11(18)6-12(19)8-14/h3-8,23H,9H2,1-2H3,(H,20,22). The Bertz CT molecular complexity index is 835. The van der Waals surface area contributed by atoms with Crippen LogP contribution in [0.3, 0.4) is 0 Å². The van der Waals surface area contributed by atoms with Crippen molar-refractivity contribution in [3.8, 4) is 5.75 Å². The maximum Gasteiger partial charge on any atom is 0.272 e. The van der Waals surface area contributed by atoms with Gasteiger partial charge in [0.15, 0.2) is 5.60 Å². The van der Waals surface area contributed by atoms with Crippen molar-refractivity contribution < 1.29 is 19.6 Å². The molecule has 0 aliphatic heterocycles. The summed E-state index contributed by atoms with van der Waals surface area (Å²) in [4.78, 5) is 22.6. The zero-order valence-electron chi connectivity index (χ0n) is 14.0. The molecule has 0 heterocycles. The number of ether oxygens (including phenoxy) is 1. The minimum Gasteiger partial charge on any atom is -0.490 e. The Kier molecular flexibility index (Phi) is 6.07. The number of carbonyl (C=O) groups is 1. The van der Waals surface area contributed by atoms with Crippen LogP contribution in [-0.4, -0.2) is 28.1 Å². The van der Waals surface area contributed by atoms with E-state index in [0.717, 1.165) is 0 Å². The molecule has 0 aliphatic carbocycles. The summed E-state index contributed by atoms with van der Waals surface area (Å²) in [7, 11) is 0. The maximum absolute atomic E-state index is 12.3. The molecule has 26 heavy (non-hydrogen) atoms. The molecule has 2 rings (SSSR count). The zero-order valence-corrected chi connectivity index (χ0v) is 15.5. The van der Waals surface area contributed by atoms with Crippen LogP contribution in [0.4, 0.5) is 11.4 Å². The van der Waals surface area contributed by atoms with Gasteiger partial charge in [0.1, 0.15) is 12.4 Å². The second-order valence-corrected chi connectivity index (χ2v) is 6.75. The second-order valence-electron chi connectivity index (χ2n) is 5.88. The van der Waals surface area contributed by atoms with Gasteiger partial charge < -0.3 is 15.2 Å². The van der Waals surface area contributed by atoms with Crippen molar-refractivity contribution >= 4 is 40.5 Å². The number of aryl methyl sites for hydroxylation is 1. The van der Waals surface area contributed by atoms with Gasteiger partial charge in [-0.05, 0) is 44.2 Å². The Morgan fingerprint density at radius 2 is 1.88 bits per heavy atom. The number of carbonyl (C=O) groups excluding carboxylic acids is 1. The van der Waals surface area contributed by atoms with E-state index in [2.05, 4.69) is 5.32 Å². The van der Waals surface area contributed by atoms with Crippen LogP contribution in [0.2, 0.25) is 10.0 Å². The van der Waals surface area contributed by atoms with Gasteiger partial charge in [-0.1, -0.05) is 23.2 Å². The van der Waals surface area contributed by atoms with Crippen molar-refractivity contribution in [2.24, 2.45) is 0 Å². The first-order valence-electron chi connectivity index (χ1n) is 7.46. The van der Waals surface area contributed by atoms with E-state index in [-0.39, 0.29) is 12.3 Å². The molecule has 0 spiro atoms. The molecule has 0 aliphatic rings. The quantitative estimate of drug-likeness (QED) is 0.565. The SMILES string of the molecule is Cc1cc(NC(=O)C(C)(O)COc2cc(Cl)cc(Cl)c2)ccc1[N+](=O)[O-]. The van der Waals surface area contributed by atoms with Crippen LogP contribution in [0.1, 0.15) is 12.5 Å². The highest BCUT2D eigenvalue weighted by Gasteiger charge is 2.31. The second kappa shape index (κ2) is 7.90. The number of benzene rings is 2. The summed E-state index contributed by atoms with van der Waals surface area (Å²) in [5.41, 5.74) is -1.21. The summed E-state index contributed by atoms with van der Waals surface area (Å²) < 4.78 is 5.40. The third-order valence-electron chi connectivity index (χ3n) is 3.50. The molecule has 0 bridgehead atoms. The van der Waals surface area contributed by atoms with Crippen molar-refractivity contribution in [1.82, 2.24) is 0 Å². The van der Waals surface area contributed by atoms with Crippen LogP contribution in [0, 0.1) is 17.0 Å². The molecule has 0 fully saturated rings. The highest BCUT2D eigenvalue weighted by atomic mass is 35.5. The Hall–Kier alpha value is -2.35. The topological polar surface area (TPSA) is 102 Å². The Morgan fingerprint density at radius 1 is 1.27 bits per heavy atom. The molecule has 1 atom stereocenters. The van der Waals surface area contributed by atoms with Crippen LogP contribution in [0.5, 0.6) is 5.75 Å². The van der Waals surface area contributed by atoms with E-state index in [9.17, 15) is 20.0 Å². The molecule has 0 saturated carbocycles. The molecule has 1 amide bonds. The summed E-state index contributed by atoms with van der Waals surface area (Å²) in [5, 5.41) is 24.4. The number of nitrogens with one attached hydrogen (secondary N) is 1. The van der Waals surface area contributed by atoms with Crippen LogP contribution in [0.25, 0.3) is 0 Å². The van der Waals surface area contributed by atoms with E-state index in [1.165, 1.54) is 43.3 Å². The van der Waals surface area contributed by atoms with Crippen LogP contribution < -0.4 is 10.1 Å². The van der Waals surface area contributed by atoms with Gasteiger partial charge in [-0.15, -0.1) is 0 Å². The average Bonchev–Trinajstić information content (AvgIpc) is 2.52. The van der Waals surface area contributed by atoms with Crippen LogP contribution >= 0.6 is 23.2 Å². The number of rotatable bonds is 6. The summed E-state index contributed by atoms with van der Waals surface area (Å²) >= 11 is 11.7. The van der Waals surface area contributed by atoms with Crippen molar-refractivity contribution in [3.05, 3.63) is 62.1 Å². The van der Waals surface area contributed by atoms with Gasteiger partial charge in [0.2, 0.25) is 0 Å². The molecule has 0 radical (unpaired) electrons. The lowest BCUT2D eigenvalue weighted by atomic mass is 10.1. The lowest BCUT2D eigenvalue weighted by molar-refractivity contribution is -0.385. The van der Waals surface area contributed by atoms with Crippen molar-refractivity contribution in [2.45, 2.75) is 19.4 Å². The molecule has 9 heteroatoms. The molecule has 0 saturated heterocycles. The molecule has 1 unspecified atom stereocenters. The third kappa shape index (κ3) is 5.08. The minimum atomic E-state index is -1.86. The summed E-state index contributed by atoms with van der Waals surface area (Å²) in [6.07, 6.45) is 0. The van der Waals surface area contributed by atoms with Crippen molar-refractivity contribution in [3.63, 3.8) is 0 Å². The summed E-state index contributed by atoms with van der Waals surface area (Å²) in [6, 6.07) is 8.64. The first-order valence-corrected chi connectivity index (χ1v) is 8.22. The molecule has 7 nitrogen and oxygen atoms in total. The smallest absolute Gasteiger partial charge is 0.272 e. The van der Waals surface area contributed by atoms with Gasteiger partial charge in [-0.25, -0.2) is 0 Å². The van der Waals surface area contributed by atoms with Gasteiger partial charge in [0.25, 0.3) is 11.6 Å². The Morgan fingerprint density at radius 3 is 2.42 bits per heavy atom. The van der Waals surface area contributed by atoms with Gasteiger partial charge >= 0.3 is 0 Å². The molecule has 2 N–H and O–H groups in total. The number of hydrogen-bond acceptors (Lipinski definition) is 5. The van der Waals surface area contributed by atoms with Gasteiger partial charge in [0.05, 0.1) is 4.92 Å². The predicted octanol–water partition coefficient (Wildman–Crippen LogP) is 3.98. The fourth-order valence-electron chi connectivity index (χ4n) is 2.11.